The van der Waals surface area contributed by atoms with E-state index in [4.69, 9.17) is 14.3 Å². The number of carboxylic acids is 1. The van der Waals surface area contributed by atoms with Crippen molar-refractivity contribution in [3.63, 3.8) is 0 Å². The molecule has 0 unspecified atom stereocenters. The second kappa shape index (κ2) is 14.6. The summed E-state index contributed by atoms with van der Waals surface area (Å²) in [5, 5.41) is 20.7. The maximum Gasteiger partial charge on any atom is 0.533 e. The number of ether oxygens (including phenoxy) is 2. The first-order valence-corrected chi connectivity index (χ1v) is 17.7. The number of fused-ring (bicyclic) bond motifs is 3. The highest BCUT2D eigenvalue weighted by Crippen LogP contribution is 2.44. The summed E-state index contributed by atoms with van der Waals surface area (Å²) < 4.78 is 14.2. The number of halogens is 4. The fraction of sp³-hybridized carbons (Fsp3) is 0.156. The molecule has 0 saturated carbocycles. The molecule has 1 aliphatic carbocycles. The Kier molecular flexibility index (Phi) is 11.0. The van der Waals surface area contributed by atoms with Crippen molar-refractivity contribution in [2.75, 3.05) is 6.61 Å². The molecule has 2 N–H and O–H groups in total. The Balaban J connectivity index is 1.30. The average Bonchev–Trinajstić information content (AvgIpc) is 3.31. The van der Waals surface area contributed by atoms with Crippen molar-refractivity contribution in [3.8, 4) is 28.4 Å². The second-order valence-corrected chi connectivity index (χ2v) is 14.7. The van der Waals surface area contributed by atoms with Crippen LogP contribution in [0.5, 0.6) is 17.2 Å². The number of phenolic OH excluding ortho intramolecular Hbond substituents is 1. The molecule has 4 aromatic carbocycles. The number of rotatable bonds is 8. The summed E-state index contributed by atoms with van der Waals surface area (Å²) in [7, 11) is 0. The normalized spacial score (nSPS) is 12.6. The molecule has 4 aromatic rings. The van der Waals surface area contributed by atoms with Gasteiger partial charge in [0.2, 0.25) is 0 Å². The minimum Gasteiger partial charge on any atom is -0.506 e. The van der Waals surface area contributed by atoms with E-state index in [1.165, 1.54) is 0 Å². The lowest BCUT2D eigenvalue weighted by Gasteiger charge is -2.26. The Hall–Kier alpha value is -2.39. The number of aliphatic carboxylic acids is 1. The van der Waals surface area contributed by atoms with E-state index in [1.807, 2.05) is 93.7 Å². The first-order chi connectivity index (χ1) is 21.4. The molecule has 0 heterocycles. The summed E-state index contributed by atoms with van der Waals surface area (Å²) in [6.07, 6.45) is -1.32. The van der Waals surface area contributed by atoms with Crippen LogP contribution in [0.4, 0.5) is 4.79 Å². The SMILES string of the molecule is CC(=O)N(OC(=O)OCC1c2ccccc2-c2ccccc21)[C@@H](Cc1cc(I)c(Oc2cc(I)c(O)c(I)c2)c(I)c1)C(=O)O. The van der Waals surface area contributed by atoms with Gasteiger partial charge in [-0.15, -0.1) is 0 Å². The van der Waals surface area contributed by atoms with E-state index in [9.17, 15) is 24.6 Å². The van der Waals surface area contributed by atoms with Crippen LogP contribution in [-0.2, 0) is 25.6 Å². The molecule has 0 saturated heterocycles. The zero-order chi connectivity index (χ0) is 32.4. The first-order valence-electron chi connectivity index (χ1n) is 13.3. The van der Waals surface area contributed by atoms with Gasteiger partial charge < -0.3 is 24.5 Å². The van der Waals surface area contributed by atoms with Crippen LogP contribution in [0.1, 0.15) is 29.5 Å². The number of carbonyl (C=O) groups is 3. The molecule has 1 aliphatic rings. The Morgan fingerprint density at radius 3 is 1.89 bits per heavy atom. The molecule has 232 valence electrons. The van der Waals surface area contributed by atoms with Gasteiger partial charge in [-0.2, -0.15) is 5.06 Å². The van der Waals surface area contributed by atoms with E-state index in [0.717, 1.165) is 29.2 Å². The fourth-order valence-electron chi connectivity index (χ4n) is 5.09. The van der Waals surface area contributed by atoms with Gasteiger partial charge in [0, 0.05) is 19.3 Å². The predicted molar refractivity (Wildman–Crippen MR) is 199 cm³/mol. The van der Waals surface area contributed by atoms with Crippen molar-refractivity contribution < 1.29 is 38.9 Å². The zero-order valence-electron chi connectivity index (χ0n) is 23.3. The summed E-state index contributed by atoms with van der Waals surface area (Å²) in [6, 6.07) is 21.1. The quantitative estimate of drug-likeness (QED) is 0.103. The zero-order valence-corrected chi connectivity index (χ0v) is 31.9. The van der Waals surface area contributed by atoms with E-state index in [2.05, 4.69) is 45.2 Å². The van der Waals surface area contributed by atoms with E-state index >= 15 is 0 Å². The molecule has 1 amide bonds. The highest BCUT2D eigenvalue weighted by molar-refractivity contribution is 14.1. The molecule has 0 spiro atoms. The van der Waals surface area contributed by atoms with E-state index in [1.54, 1.807) is 24.3 Å². The molecule has 45 heavy (non-hydrogen) atoms. The maximum absolute atomic E-state index is 12.8. The molecule has 0 radical (unpaired) electrons. The second-order valence-electron chi connectivity index (χ2n) is 10.0. The number of nitrogens with zero attached hydrogens (tertiary/aromatic N) is 1. The van der Waals surface area contributed by atoms with Crippen molar-refractivity contribution in [3.05, 3.63) is 104 Å². The lowest BCUT2D eigenvalue weighted by Crippen LogP contribution is -2.46. The van der Waals surface area contributed by atoms with Crippen LogP contribution >= 0.6 is 90.4 Å². The number of phenols is 1. The molecule has 13 heteroatoms. The largest absolute Gasteiger partial charge is 0.533 e. The summed E-state index contributed by atoms with van der Waals surface area (Å²) in [5.74, 6) is -1.08. The van der Waals surface area contributed by atoms with Crippen LogP contribution in [0.15, 0.2) is 72.8 Å². The molecule has 9 nitrogen and oxygen atoms in total. The van der Waals surface area contributed by atoms with E-state index in [0.29, 0.717) is 36.4 Å². The molecule has 0 fully saturated rings. The summed E-state index contributed by atoms with van der Waals surface area (Å²) in [4.78, 5) is 43.0. The number of carboxylic acid groups (broad SMARTS) is 1. The smallest absolute Gasteiger partial charge is 0.506 e. The number of hydroxylamine groups is 2. The van der Waals surface area contributed by atoms with Gasteiger partial charge in [-0.3, -0.25) is 4.79 Å². The summed E-state index contributed by atoms with van der Waals surface area (Å²) in [6.45, 7) is 1.07. The number of hydrogen-bond acceptors (Lipinski definition) is 7. The number of carbonyl (C=O) groups excluding carboxylic acids is 2. The van der Waals surface area contributed by atoms with E-state index < -0.39 is 24.1 Å². The van der Waals surface area contributed by atoms with Crippen LogP contribution in [0.25, 0.3) is 11.1 Å². The molecule has 0 bridgehead atoms. The van der Waals surface area contributed by atoms with Gasteiger partial charge in [-0.25, -0.2) is 9.59 Å². The maximum atomic E-state index is 12.8. The monoisotopic (exact) mass is 1060 g/mol. The average molecular weight is 1060 g/mol. The lowest BCUT2D eigenvalue weighted by atomic mass is 9.98. The summed E-state index contributed by atoms with van der Waals surface area (Å²) >= 11 is 8.23. The molecular formula is C32H23I4NO8. The van der Waals surface area contributed by atoms with E-state index in [-0.39, 0.29) is 24.7 Å². The molecule has 0 aliphatic heterocycles. The van der Waals surface area contributed by atoms with Crippen LogP contribution in [0, 0.1) is 14.3 Å². The topological polar surface area (TPSA) is 123 Å². The third-order valence-electron chi connectivity index (χ3n) is 7.08. The highest BCUT2D eigenvalue weighted by atomic mass is 127. The molecular weight excluding hydrogens is 1030 g/mol. The van der Waals surface area contributed by atoms with Crippen molar-refractivity contribution in [1.82, 2.24) is 5.06 Å². The van der Waals surface area contributed by atoms with Crippen molar-refractivity contribution in [2.45, 2.75) is 25.3 Å². The Labute approximate surface area is 313 Å². The third kappa shape index (κ3) is 7.61. The highest BCUT2D eigenvalue weighted by Gasteiger charge is 2.34. The lowest BCUT2D eigenvalue weighted by molar-refractivity contribution is -0.190. The fourth-order valence-corrected chi connectivity index (χ4v) is 8.91. The summed E-state index contributed by atoms with van der Waals surface area (Å²) in [5.41, 5.74) is 4.70. The minimum atomic E-state index is -1.51. The third-order valence-corrected chi connectivity index (χ3v) is 10.3. The van der Waals surface area contributed by atoms with Crippen LogP contribution in [-0.4, -0.2) is 46.0 Å². The van der Waals surface area contributed by atoms with Gasteiger partial charge in [-0.1, -0.05) is 48.5 Å². The number of hydrogen-bond donors (Lipinski definition) is 2. The van der Waals surface area contributed by atoms with Crippen LogP contribution in [0.3, 0.4) is 0 Å². The molecule has 0 aromatic heterocycles. The number of benzene rings is 4. The predicted octanol–water partition coefficient (Wildman–Crippen LogP) is 8.33. The molecule has 1 atom stereocenters. The Morgan fingerprint density at radius 1 is 0.844 bits per heavy atom. The van der Waals surface area contributed by atoms with Gasteiger partial charge >= 0.3 is 12.1 Å². The van der Waals surface area contributed by atoms with Crippen molar-refractivity contribution in [2.24, 2.45) is 0 Å². The van der Waals surface area contributed by atoms with Crippen LogP contribution in [0.2, 0.25) is 0 Å². The van der Waals surface area contributed by atoms with Gasteiger partial charge in [0.25, 0.3) is 5.91 Å². The Morgan fingerprint density at radius 2 is 1.38 bits per heavy atom. The van der Waals surface area contributed by atoms with Gasteiger partial charge in [-0.05, 0) is 142 Å². The van der Waals surface area contributed by atoms with Crippen LogP contribution < -0.4 is 4.74 Å². The molecule has 5 rings (SSSR count). The standard InChI is InChI=1S/C32H23I4NO8/c1-16(38)37(45-32(42)43-15-23-21-8-4-2-6-19(21)20-7-3-5-9-22(20)23)28(31(40)41)12-17-10-26(35)30(27(36)11-17)44-18-13-24(33)29(39)25(34)14-18/h2-11,13-14,23,28,39H,12,15H2,1H3,(H,40,41)/t28-/m0/s1. The first kappa shape index (κ1) is 34.0. The van der Waals surface area contributed by atoms with Crippen molar-refractivity contribution >= 4 is 108 Å². The number of amides is 1. The van der Waals surface area contributed by atoms with Gasteiger partial charge in [0.1, 0.15) is 18.1 Å². The number of aromatic hydroxyl groups is 1. The van der Waals surface area contributed by atoms with Gasteiger partial charge in [0.05, 0.1) is 14.3 Å². The van der Waals surface area contributed by atoms with Gasteiger partial charge in [0.15, 0.2) is 11.8 Å². The Bertz CT molecular complexity index is 1720. The van der Waals surface area contributed by atoms with Crippen molar-refractivity contribution in [1.29, 1.82) is 0 Å². The minimum absolute atomic E-state index is 0.0483.